The quantitative estimate of drug-likeness (QED) is 0.669. The molecule has 3 rings (SSSR count). The van der Waals surface area contributed by atoms with Crippen LogP contribution < -0.4 is 10.1 Å². The van der Waals surface area contributed by atoms with Crippen LogP contribution in [0.2, 0.25) is 0 Å². The van der Waals surface area contributed by atoms with Crippen molar-refractivity contribution in [2.75, 3.05) is 32.6 Å². The van der Waals surface area contributed by atoms with Crippen molar-refractivity contribution in [2.45, 2.75) is 26.7 Å². The first-order chi connectivity index (χ1) is 13.3. The first-order valence-electron chi connectivity index (χ1n) is 9.31. The standard InChI is InChI=1S/C21H26N4O3/c1-13(2)18-12-17(19-14(3)24-28-21(19)23-18)20(26)22-15-6-8-16(9-7-15)27-11-10-25(4)5/h6-9,12-13H,10-11H2,1-5H3,(H,22,26). The van der Waals surface area contributed by atoms with Gasteiger partial charge in [0.05, 0.1) is 16.6 Å². The van der Waals surface area contributed by atoms with Crippen LogP contribution >= 0.6 is 0 Å². The van der Waals surface area contributed by atoms with Crippen LogP contribution in [0.4, 0.5) is 5.69 Å². The molecule has 148 valence electrons. The van der Waals surface area contributed by atoms with Crippen molar-refractivity contribution in [3.8, 4) is 5.75 Å². The molecule has 3 aromatic rings. The monoisotopic (exact) mass is 382 g/mol. The largest absolute Gasteiger partial charge is 0.492 e. The fourth-order valence-corrected chi connectivity index (χ4v) is 2.77. The lowest BCUT2D eigenvalue weighted by atomic mass is 10.0. The van der Waals surface area contributed by atoms with Crippen molar-refractivity contribution in [1.29, 1.82) is 0 Å². The van der Waals surface area contributed by atoms with Gasteiger partial charge in [-0.05, 0) is 57.3 Å². The number of carbonyl (C=O) groups excluding carboxylic acids is 1. The molecule has 0 aliphatic carbocycles. The first kappa shape index (κ1) is 19.8. The van der Waals surface area contributed by atoms with Gasteiger partial charge in [-0.3, -0.25) is 4.79 Å². The van der Waals surface area contributed by atoms with Crippen LogP contribution in [0, 0.1) is 6.92 Å². The van der Waals surface area contributed by atoms with Gasteiger partial charge in [-0.15, -0.1) is 0 Å². The topological polar surface area (TPSA) is 80.5 Å². The van der Waals surface area contributed by atoms with Crippen molar-refractivity contribution in [1.82, 2.24) is 15.0 Å². The van der Waals surface area contributed by atoms with Gasteiger partial charge in [-0.25, -0.2) is 4.98 Å². The Labute approximate surface area is 164 Å². The van der Waals surface area contributed by atoms with E-state index in [4.69, 9.17) is 9.26 Å². The highest BCUT2D eigenvalue weighted by molar-refractivity contribution is 6.12. The lowest BCUT2D eigenvalue weighted by Crippen LogP contribution is -2.19. The zero-order valence-corrected chi connectivity index (χ0v) is 16.9. The fourth-order valence-electron chi connectivity index (χ4n) is 2.77. The molecule has 28 heavy (non-hydrogen) atoms. The van der Waals surface area contributed by atoms with Crippen LogP contribution in [-0.4, -0.2) is 48.2 Å². The summed E-state index contributed by atoms with van der Waals surface area (Å²) in [6.45, 7) is 7.30. The van der Waals surface area contributed by atoms with Gasteiger partial charge in [0, 0.05) is 17.9 Å². The average Bonchev–Trinajstić information content (AvgIpc) is 3.03. The summed E-state index contributed by atoms with van der Waals surface area (Å²) < 4.78 is 11.0. The number of ether oxygens (including phenoxy) is 1. The third-order valence-corrected chi connectivity index (χ3v) is 4.39. The predicted molar refractivity (Wildman–Crippen MR) is 109 cm³/mol. The summed E-state index contributed by atoms with van der Waals surface area (Å²) in [5, 5.41) is 7.54. The number of amides is 1. The molecule has 0 fully saturated rings. The molecule has 2 aromatic heterocycles. The summed E-state index contributed by atoms with van der Waals surface area (Å²) in [6, 6.07) is 9.15. The fraction of sp³-hybridized carbons (Fsp3) is 0.381. The Morgan fingerprint density at radius 3 is 2.61 bits per heavy atom. The van der Waals surface area contributed by atoms with Crippen molar-refractivity contribution >= 4 is 22.7 Å². The van der Waals surface area contributed by atoms with E-state index in [2.05, 4.69) is 20.4 Å². The molecule has 0 saturated heterocycles. The minimum absolute atomic E-state index is 0.167. The van der Waals surface area contributed by atoms with E-state index in [1.54, 1.807) is 6.92 Å². The molecule has 1 N–H and O–H groups in total. The van der Waals surface area contributed by atoms with Crippen molar-refractivity contribution in [2.24, 2.45) is 0 Å². The number of rotatable bonds is 7. The molecule has 0 spiro atoms. The van der Waals surface area contributed by atoms with Gasteiger partial charge < -0.3 is 19.5 Å². The number of likely N-dealkylation sites (N-methyl/N-ethyl adjacent to an activating group) is 1. The molecule has 2 heterocycles. The second kappa shape index (κ2) is 8.39. The van der Waals surface area contributed by atoms with Gasteiger partial charge in [-0.2, -0.15) is 0 Å². The van der Waals surface area contributed by atoms with Gasteiger partial charge in [0.15, 0.2) is 0 Å². The molecule has 0 radical (unpaired) electrons. The van der Waals surface area contributed by atoms with Crippen LogP contribution in [0.3, 0.4) is 0 Å². The van der Waals surface area contributed by atoms with E-state index in [1.807, 2.05) is 58.3 Å². The van der Waals surface area contributed by atoms with Crippen LogP contribution in [-0.2, 0) is 0 Å². The molecule has 1 aromatic carbocycles. The number of nitrogens with one attached hydrogen (secondary N) is 1. The predicted octanol–water partition coefficient (Wildman–Crippen LogP) is 3.85. The molecule has 0 bridgehead atoms. The highest BCUT2D eigenvalue weighted by Gasteiger charge is 2.19. The normalized spacial score (nSPS) is 11.4. The van der Waals surface area contributed by atoms with Gasteiger partial charge in [0.2, 0.25) is 0 Å². The van der Waals surface area contributed by atoms with E-state index in [1.165, 1.54) is 0 Å². The van der Waals surface area contributed by atoms with Gasteiger partial charge in [0.25, 0.3) is 11.6 Å². The number of aromatic nitrogens is 2. The van der Waals surface area contributed by atoms with Crippen molar-refractivity contribution < 1.29 is 14.1 Å². The molecule has 0 aliphatic rings. The smallest absolute Gasteiger partial charge is 0.259 e. The number of hydrogen-bond acceptors (Lipinski definition) is 6. The van der Waals surface area contributed by atoms with Crippen molar-refractivity contribution in [3.05, 3.63) is 47.3 Å². The van der Waals surface area contributed by atoms with E-state index < -0.39 is 0 Å². The van der Waals surface area contributed by atoms with Crippen LogP contribution in [0.25, 0.3) is 11.1 Å². The van der Waals surface area contributed by atoms with Crippen LogP contribution in [0.1, 0.15) is 41.5 Å². The van der Waals surface area contributed by atoms with Crippen LogP contribution in [0.15, 0.2) is 34.9 Å². The van der Waals surface area contributed by atoms with E-state index in [0.717, 1.165) is 18.0 Å². The Kier molecular flexibility index (Phi) is 5.94. The number of benzene rings is 1. The SMILES string of the molecule is Cc1noc2nc(C(C)C)cc(C(=O)Nc3ccc(OCCN(C)C)cc3)c12. The molecule has 7 nitrogen and oxygen atoms in total. The summed E-state index contributed by atoms with van der Waals surface area (Å²) in [6.07, 6.45) is 0. The molecule has 0 aliphatic heterocycles. The minimum atomic E-state index is -0.220. The number of nitrogens with zero attached hydrogens (tertiary/aromatic N) is 3. The third-order valence-electron chi connectivity index (χ3n) is 4.39. The summed E-state index contributed by atoms with van der Waals surface area (Å²) in [4.78, 5) is 19.5. The zero-order valence-electron chi connectivity index (χ0n) is 16.9. The zero-order chi connectivity index (χ0) is 20.3. The summed E-state index contributed by atoms with van der Waals surface area (Å²) in [5.41, 5.74) is 3.03. The Balaban J connectivity index is 1.78. The number of carbonyl (C=O) groups is 1. The van der Waals surface area contributed by atoms with E-state index >= 15 is 0 Å². The second-order valence-corrected chi connectivity index (χ2v) is 7.33. The van der Waals surface area contributed by atoms with Crippen molar-refractivity contribution in [3.63, 3.8) is 0 Å². The number of hydrogen-bond donors (Lipinski definition) is 1. The second-order valence-electron chi connectivity index (χ2n) is 7.33. The lowest BCUT2D eigenvalue weighted by molar-refractivity contribution is 0.102. The molecular formula is C21H26N4O3. The maximum absolute atomic E-state index is 12.9. The highest BCUT2D eigenvalue weighted by Crippen LogP contribution is 2.26. The number of pyridine rings is 1. The number of aryl methyl sites for hydroxylation is 1. The maximum Gasteiger partial charge on any atom is 0.259 e. The van der Waals surface area contributed by atoms with Gasteiger partial charge in [-0.1, -0.05) is 19.0 Å². The Hall–Kier alpha value is -2.93. The molecule has 0 atom stereocenters. The highest BCUT2D eigenvalue weighted by atomic mass is 16.5. The van der Waals surface area contributed by atoms with E-state index in [9.17, 15) is 4.79 Å². The first-order valence-corrected chi connectivity index (χ1v) is 9.31. The molecule has 1 amide bonds. The number of fused-ring (bicyclic) bond motifs is 1. The third kappa shape index (κ3) is 4.48. The summed E-state index contributed by atoms with van der Waals surface area (Å²) >= 11 is 0. The van der Waals surface area contributed by atoms with Gasteiger partial charge >= 0.3 is 0 Å². The molecule has 0 unspecified atom stereocenters. The Morgan fingerprint density at radius 1 is 1.25 bits per heavy atom. The van der Waals surface area contributed by atoms with Gasteiger partial charge in [0.1, 0.15) is 12.4 Å². The molecule has 7 heteroatoms. The average molecular weight is 382 g/mol. The minimum Gasteiger partial charge on any atom is -0.492 e. The Bertz CT molecular complexity index is 962. The number of anilines is 1. The summed E-state index contributed by atoms with van der Waals surface area (Å²) in [7, 11) is 4.00. The molecule has 0 saturated carbocycles. The van der Waals surface area contributed by atoms with E-state index in [-0.39, 0.29) is 11.8 Å². The molecular weight excluding hydrogens is 356 g/mol. The maximum atomic E-state index is 12.9. The summed E-state index contributed by atoms with van der Waals surface area (Å²) in [5.74, 6) is 0.713. The Morgan fingerprint density at radius 2 is 1.96 bits per heavy atom. The van der Waals surface area contributed by atoms with Crippen LogP contribution in [0.5, 0.6) is 5.75 Å². The van der Waals surface area contributed by atoms with E-state index in [0.29, 0.717) is 34.7 Å². The lowest BCUT2D eigenvalue weighted by Gasteiger charge is -2.12.